The third-order valence-electron chi connectivity index (χ3n) is 3.26. The molecule has 2 rings (SSSR count). The van der Waals surface area contributed by atoms with E-state index in [0.29, 0.717) is 11.4 Å². The normalized spacial score (nSPS) is 22.8. The number of hydrogen-bond donors (Lipinski definition) is 0. The average Bonchev–Trinajstić information content (AvgIpc) is 2.83. The van der Waals surface area contributed by atoms with E-state index in [2.05, 4.69) is 9.97 Å². The number of carbonyl (C=O) groups excluding carboxylic acids is 1. The van der Waals surface area contributed by atoms with Gasteiger partial charge in [0, 0.05) is 19.9 Å². The van der Waals surface area contributed by atoms with Crippen LogP contribution in [0.2, 0.25) is 0 Å². The molecule has 2 unspecified atom stereocenters. The number of methoxy groups -OCH3 is 1. The van der Waals surface area contributed by atoms with Gasteiger partial charge in [0.1, 0.15) is 17.7 Å². The summed E-state index contributed by atoms with van der Waals surface area (Å²) in [5.74, 6) is 0.156. The fourth-order valence-electron chi connectivity index (χ4n) is 2.24. The number of rotatable bonds is 3. The van der Waals surface area contributed by atoms with Crippen LogP contribution >= 0.6 is 0 Å². The number of anilines is 1. The molecule has 0 bridgehead atoms. The van der Waals surface area contributed by atoms with Gasteiger partial charge in [-0.2, -0.15) is 0 Å². The number of hydrogen-bond acceptors (Lipinski definition) is 6. The quantitative estimate of drug-likeness (QED) is 0.743. The summed E-state index contributed by atoms with van der Waals surface area (Å²) >= 11 is 0. The first-order chi connectivity index (χ1) is 8.65. The summed E-state index contributed by atoms with van der Waals surface area (Å²) in [4.78, 5) is 21.7. The third kappa shape index (κ3) is 2.28. The molecule has 0 aliphatic carbocycles. The van der Waals surface area contributed by atoms with E-state index in [1.165, 1.54) is 19.6 Å². The Kier molecular flexibility index (Phi) is 3.76. The number of ether oxygens (including phenoxy) is 2. The van der Waals surface area contributed by atoms with Gasteiger partial charge in [-0.25, -0.2) is 14.8 Å². The number of carbonyl (C=O) groups is 1. The van der Waals surface area contributed by atoms with Crippen molar-refractivity contribution in [3.05, 3.63) is 18.1 Å². The Morgan fingerprint density at radius 1 is 1.61 bits per heavy atom. The van der Waals surface area contributed by atoms with Crippen molar-refractivity contribution >= 4 is 11.8 Å². The first-order valence-electron chi connectivity index (χ1n) is 5.88. The molecule has 0 spiro atoms. The maximum Gasteiger partial charge on any atom is 0.343 e. The van der Waals surface area contributed by atoms with E-state index in [9.17, 15) is 4.79 Å². The molecule has 1 saturated heterocycles. The summed E-state index contributed by atoms with van der Waals surface area (Å²) in [7, 11) is 3.25. The maximum absolute atomic E-state index is 11.7. The first kappa shape index (κ1) is 12.8. The molecule has 98 valence electrons. The second-order valence-corrected chi connectivity index (χ2v) is 4.29. The van der Waals surface area contributed by atoms with E-state index >= 15 is 0 Å². The molecule has 1 aromatic heterocycles. The standard InChI is InChI=1S/C12H17N3O3/c1-8-10(4-5-18-8)15(2)11-9(12(16)17-3)6-13-7-14-11/h6-8,10H,4-5H2,1-3H3. The van der Waals surface area contributed by atoms with Gasteiger partial charge in [0.25, 0.3) is 0 Å². The highest BCUT2D eigenvalue weighted by molar-refractivity contribution is 5.94. The van der Waals surface area contributed by atoms with Crippen molar-refractivity contribution in [1.82, 2.24) is 9.97 Å². The fourth-order valence-corrected chi connectivity index (χ4v) is 2.24. The van der Waals surface area contributed by atoms with Crippen molar-refractivity contribution in [2.24, 2.45) is 0 Å². The van der Waals surface area contributed by atoms with Crippen molar-refractivity contribution < 1.29 is 14.3 Å². The van der Waals surface area contributed by atoms with Gasteiger partial charge in [0.15, 0.2) is 0 Å². The molecule has 18 heavy (non-hydrogen) atoms. The zero-order valence-corrected chi connectivity index (χ0v) is 10.8. The maximum atomic E-state index is 11.7. The molecule has 1 aromatic rings. The molecule has 0 radical (unpaired) electrons. The Labute approximate surface area is 106 Å². The van der Waals surface area contributed by atoms with Crippen LogP contribution in [0.5, 0.6) is 0 Å². The Hall–Kier alpha value is -1.69. The average molecular weight is 251 g/mol. The molecule has 1 aliphatic rings. The van der Waals surface area contributed by atoms with Gasteiger partial charge in [-0.1, -0.05) is 0 Å². The van der Waals surface area contributed by atoms with Gasteiger partial charge < -0.3 is 14.4 Å². The smallest absolute Gasteiger partial charge is 0.343 e. The first-order valence-corrected chi connectivity index (χ1v) is 5.88. The second-order valence-electron chi connectivity index (χ2n) is 4.29. The lowest BCUT2D eigenvalue weighted by Gasteiger charge is -2.28. The highest BCUT2D eigenvalue weighted by Gasteiger charge is 2.30. The zero-order valence-electron chi connectivity index (χ0n) is 10.8. The van der Waals surface area contributed by atoms with Crippen LogP contribution in [-0.4, -0.2) is 48.8 Å². The molecule has 0 N–H and O–H groups in total. The number of likely N-dealkylation sites (N-methyl/N-ethyl adjacent to an activating group) is 1. The van der Waals surface area contributed by atoms with Crippen molar-refractivity contribution in [2.75, 3.05) is 25.7 Å². The summed E-state index contributed by atoms with van der Waals surface area (Å²) < 4.78 is 10.3. The molecule has 6 heteroatoms. The van der Waals surface area contributed by atoms with Crippen LogP contribution < -0.4 is 4.90 Å². The van der Waals surface area contributed by atoms with Crippen LogP contribution in [0.15, 0.2) is 12.5 Å². The van der Waals surface area contributed by atoms with E-state index in [0.717, 1.165) is 13.0 Å². The molecule has 0 saturated carbocycles. The molecule has 1 fully saturated rings. The molecule has 1 aliphatic heterocycles. The summed E-state index contributed by atoms with van der Waals surface area (Å²) in [6.45, 7) is 2.75. The van der Waals surface area contributed by atoms with E-state index in [4.69, 9.17) is 9.47 Å². The topological polar surface area (TPSA) is 64.5 Å². The minimum atomic E-state index is -0.427. The number of esters is 1. The van der Waals surface area contributed by atoms with Crippen LogP contribution in [-0.2, 0) is 9.47 Å². The molecule has 2 heterocycles. The van der Waals surface area contributed by atoms with E-state index < -0.39 is 5.97 Å². The van der Waals surface area contributed by atoms with Crippen LogP contribution in [0.3, 0.4) is 0 Å². The largest absolute Gasteiger partial charge is 0.465 e. The summed E-state index contributed by atoms with van der Waals surface area (Å²) in [6.07, 6.45) is 3.95. The minimum absolute atomic E-state index is 0.121. The predicted molar refractivity (Wildman–Crippen MR) is 65.6 cm³/mol. The number of nitrogens with zero attached hydrogens (tertiary/aromatic N) is 3. The van der Waals surface area contributed by atoms with Gasteiger partial charge in [0.2, 0.25) is 0 Å². The Morgan fingerprint density at radius 3 is 3.00 bits per heavy atom. The van der Waals surface area contributed by atoms with E-state index in [1.807, 2.05) is 18.9 Å². The Balaban J connectivity index is 2.29. The molecule has 2 atom stereocenters. The summed E-state index contributed by atoms with van der Waals surface area (Å²) in [5.41, 5.74) is 0.376. The van der Waals surface area contributed by atoms with Gasteiger partial charge in [-0.05, 0) is 13.3 Å². The molecular formula is C12H17N3O3. The second kappa shape index (κ2) is 5.30. The lowest BCUT2D eigenvalue weighted by molar-refractivity contribution is 0.0600. The number of aromatic nitrogens is 2. The lowest BCUT2D eigenvalue weighted by Crippen LogP contribution is -2.38. The van der Waals surface area contributed by atoms with Crippen molar-refractivity contribution in [3.8, 4) is 0 Å². The minimum Gasteiger partial charge on any atom is -0.465 e. The molecule has 6 nitrogen and oxygen atoms in total. The van der Waals surface area contributed by atoms with E-state index in [1.54, 1.807) is 0 Å². The molecular weight excluding hydrogens is 234 g/mol. The van der Waals surface area contributed by atoms with Crippen molar-refractivity contribution in [2.45, 2.75) is 25.5 Å². The van der Waals surface area contributed by atoms with Crippen molar-refractivity contribution in [1.29, 1.82) is 0 Å². The molecule has 0 amide bonds. The van der Waals surface area contributed by atoms with Crippen LogP contribution in [0.4, 0.5) is 5.82 Å². The van der Waals surface area contributed by atoms with Gasteiger partial charge >= 0.3 is 5.97 Å². The Bertz CT molecular complexity index is 438. The highest BCUT2D eigenvalue weighted by Crippen LogP contribution is 2.25. The third-order valence-corrected chi connectivity index (χ3v) is 3.26. The Morgan fingerprint density at radius 2 is 2.39 bits per heavy atom. The fraction of sp³-hybridized carbons (Fsp3) is 0.583. The van der Waals surface area contributed by atoms with Crippen LogP contribution in [0.25, 0.3) is 0 Å². The van der Waals surface area contributed by atoms with Crippen molar-refractivity contribution in [3.63, 3.8) is 0 Å². The SMILES string of the molecule is COC(=O)c1cncnc1N(C)C1CCOC1C. The monoisotopic (exact) mass is 251 g/mol. The van der Waals surface area contributed by atoms with Crippen LogP contribution in [0, 0.1) is 0 Å². The molecule has 0 aromatic carbocycles. The van der Waals surface area contributed by atoms with E-state index in [-0.39, 0.29) is 12.1 Å². The van der Waals surface area contributed by atoms with Gasteiger partial charge in [-0.15, -0.1) is 0 Å². The van der Waals surface area contributed by atoms with Gasteiger partial charge in [-0.3, -0.25) is 0 Å². The summed E-state index contributed by atoms with van der Waals surface area (Å²) in [6, 6.07) is 0.211. The van der Waals surface area contributed by atoms with Crippen LogP contribution in [0.1, 0.15) is 23.7 Å². The highest BCUT2D eigenvalue weighted by atomic mass is 16.5. The predicted octanol–water partition coefficient (Wildman–Crippen LogP) is 0.877. The summed E-state index contributed by atoms with van der Waals surface area (Å²) in [5, 5.41) is 0. The van der Waals surface area contributed by atoms with Gasteiger partial charge in [0.05, 0.1) is 19.3 Å². The lowest BCUT2D eigenvalue weighted by atomic mass is 10.1. The zero-order chi connectivity index (χ0) is 13.1.